The summed E-state index contributed by atoms with van der Waals surface area (Å²) in [6, 6.07) is 7.98. The molecule has 1 aromatic carbocycles. The number of hydrogen-bond donors (Lipinski definition) is 0. The van der Waals surface area contributed by atoms with Gasteiger partial charge in [0.05, 0.1) is 5.69 Å². The molecule has 0 radical (unpaired) electrons. The number of carbonyl (C=O) groups excluding carboxylic acids is 1. The Morgan fingerprint density at radius 1 is 1.18 bits per heavy atom. The summed E-state index contributed by atoms with van der Waals surface area (Å²) in [5.41, 5.74) is 1.45. The molecule has 2 aromatic rings. The van der Waals surface area contributed by atoms with Crippen LogP contribution in [-0.4, -0.2) is 56.7 Å². The molecule has 1 aromatic heterocycles. The van der Waals surface area contributed by atoms with E-state index in [1.54, 1.807) is 4.57 Å². The van der Waals surface area contributed by atoms with E-state index in [2.05, 4.69) is 17.0 Å². The average molecular weight is 380 g/mol. The first-order valence-corrected chi connectivity index (χ1v) is 10.1. The molecule has 0 N–H and O–H groups in total. The molecular weight excluding hydrogens is 356 g/mol. The zero-order valence-corrected chi connectivity index (χ0v) is 16.0. The number of piperidine rings is 1. The molecule has 146 valence electrons. The minimum absolute atomic E-state index is 0.0222. The average Bonchev–Trinajstić information content (AvgIpc) is 3.05. The second-order valence-electron chi connectivity index (χ2n) is 7.74. The highest BCUT2D eigenvalue weighted by Crippen LogP contribution is 2.29. The molecule has 3 aliphatic rings. The van der Waals surface area contributed by atoms with E-state index < -0.39 is 0 Å². The smallest absolute Gasteiger partial charge is 0.338 e. The number of amidine groups is 1. The van der Waals surface area contributed by atoms with Crippen LogP contribution in [-0.2, 0) is 11.3 Å². The number of fused-ring (bicyclic) bond motifs is 6. The third-order valence-electron chi connectivity index (χ3n) is 5.91. The molecular formula is C20H24N6O2. The molecule has 8 heteroatoms. The summed E-state index contributed by atoms with van der Waals surface area (Å²) < 4.78 is 2.93. The fourth-order valence-corrected chi connectivity index (χ4v) is 4.46. The van der Waals surface area contributed by atoms with E-state index in [0.29, 0.717) is 5.95 Å². The van der Waals surface area contributed by atoms with Crippen molar-refractivity contribution in [1.82, 2.24) is 19.2 Å². The molecule has 1 atom stereocenters. The van der Waals surface area contributed by atoms with E-state index in [4.69, 9.17) is 0 Å². The first kappa shape index (κ1) is 17.2. The number of amides is 1. The van der Waals surface area contributed by atoms with E-state index in [1.807, 2.05) is 34.1 Å². The number of rotatable bonds is 2. The van der Waals surface area contributed by atoms with Crippen LogP contribution < -0.4 is 10.6 Å². The number of carbonyl (C=O) groups is 1. The normalized spacial score (nSPS) is 20.9. The summed E-state index contributed by atoms with van der Waals surface area (Å²) in [6.45, 7) is 4.35. The van der Waals surface area contributed by atoms with Crippen LogP contribution in [0.3, 0.4) is 0 Å². The zero-order valence-electron chi connectivity index (χ0n) is 16.0. The lowest BCUT2D eigenvalue weighted by Gasteiger charge is -2.33. The lowest BCUT2D eigenvalue weighted by molar-refractivity contribution is -0.135. The number of nitrogens with zero attached hydrogens (tertiary/aromatic N) is 6. The van der Waals surface area contributed by atoms with E-state index in [-0.39, 0.29) is 24.2 Å². The SMILES string of the molecule is CC1CCCCN1C(=O)Cn1nc2n(c1=O)-c1ccccc1C1=NCCCN12. The summed E-state index contributed by atoms with van der Waals surface area (Å²) in [5.74, 6) is 1.38. The highest BCUT2D eigenvalue weighted by Gasteiger charge is 2.34. The first-order chi connectivity index (χ1) is 13.6. The van der Waals surface area contributed by atoms with Crippen molar-refractivity contribution in [3.8, 4) is 5.69 Å². The quantitative estimate of drug-likeness (QED) is 0.789. The van der Waals surface area contributed by atoms with Crippen LogP contribution >= 0.6 is 0 Å². The number of aromatic nitrogens is 3. The van der Waals surface area contributed by atoms with Crippen molar-refractivity contribution in [3.05, 3.63) is 40.3 Å². The van der Waals surface area contributed by atoms with Crippen molar-refractivity contribution in [2.24, 2.45) is 4.99 Å². The van der Waals surface area contributed by atoms with Crippen LogP contribution in [0.2, 0.25) is 0 Å². The van der Waals surface area contributed by atoms with Crippen molar-refractivity contribution in [3.63, 3.8) is 0 Å². The maximum Gasteiger partial charge on any atom is 0.352 e. The molecule has 0 spiro atoms. The molecule has 1 unspecified atom stereocenters. The maximum absolute atomic E-state index is 13.2. The van der Waals surface area contributed by atoms with Gasteiger partial charge in [-0.15, -0.1) is 5.10 Å². The van der Waals surface area contributed by atoms with Gasteiger partial charge in [-0.1, -0.05) is 12.1 Å². The van der Waals surface area contributed by atoms with Crippen molar-refractivity contribution in [2.45, 2.75) is 45.2 Å². The molecule has 5 rings (SSSR count). The monoisotopic (exact) mass is 380 g/mol. The van der Waals surface area contributed by atoms with Crippen LogP contribution in [0.1, 0.15) is 38.2 Å². The lowest BCUT2D eigenvalue weighted by atomic mass is 10.0. The lowest BCUT2D eigenvalue weighted by Crippen LogP contribution is -2.45. The van der Waals surface area contributed by atoms with Crippen molar-refractivity contribution < 1.29 is 4.79 Å². The van der Waals surface area contributed by atoms with Gasteiger partial charge < -0.3 is 4.90 Å². The minimum Gasteiger partial charge on any atom is -0.338 e. The summed E-state index contributed by atoms with van der Waals surface area (Å²) in [6.07, 6.45) is 4.10. The Bertz CT molecular complexity index is 1020. The molecule has 4 heterocycles. The topological polar surface area (TPSA) is 75.7 Å². The molecule has 3 aliphatic heterocycles. The fraction of sp³-hybridized carbons (Fsp3) is 0.500. The highest BCUT2D eigenvalue weighted by molar-refractivity contribution is 6.13. The van der Waals surface area contributed by atoms with Gasteiger partial charge in [-0.3, -0.25) is 14.7 Å². The van der Waals surface area contributed by atoms with E-state index in [9.17, 15) is 9.59 Å². The Morgan fingerprint density at radius 3 is 2.89 bits per heavy atom. The fourth-order valence-electron chi connectivity index (χ4n) is 4.46. The van der Waals surface area contributed by atoms with Crippen LogP contribution in [0.15, 0.2) is 34.1 Å². The van der Waals surface area contributed by atoms with Gasteiger partial charge in [0.1, 0.15) is 12.4 Å². The Morgan fingerprint density at radius 2 is 2.04 bits per heavy atom. The van der Waals surface area contributed by atoms with Gasteiger partial charge in [0.2, 0.25) is 11.9 Å². The Kier molecular flexibility index (Phi) is 4.07. The first-order valence-electron chi connectivity index (χ1n) is 10.1. The summed E-state index contributed by atoms with van der Waals surface area (Å²) in [7, 11) is 0. The zero-order chi connectivity index (χ0) is 19.3. The Balaban J connectivity index is 1.55. The van der Waals surface area contributed by atoms with Crippen LogP contribution in [0.4, 0.5) is 5.95 Å². The van der Waals surface area contributed by atoms with Crippen molar-refractivity contribution in [1.29, 1.82) is 0 Å². The number of hydrogen-bond acceptors (Lipinski definition) is 5. The number of para-hydroxylation sites is 1. The number of aliphatic imine (C=N–C) groups is 1. The van der Waals surface area contributed by atoms with Gasteiger partial charge >= 0.3 is 5.69 Å². The number of likely N-dealkylation sites (tertiary alicyclic amines) is 1. The van der Waals surface area contributed by atoms with Crippen LogP contribution in [0, 0.1) is 0 Å². The second kappa shape index (κ2) is 6.61. The Hall–Kier alpha value is -2.90. The van der Waals surface area contributed by atoms with Gasteiger partial charge in [0, 0.05) is 31.2 Å². The number of anilines is 1. The van der Waals surface area contributed by atoms with Crippen LogP contribution in [0.5, 0.6) is 0 Å². The largest absolute Gasteiger partial charge is 0.352 e. The molecule has 28 heavy (non-hydrogen) atoms. The molecule has 0 aliphatic carbocycles. The van der Waals surface area contributed by atoms with E-state index in [1.165, 1.54) is 4.68 Å². The van der Waals surface area contributed by atoms with Gasteiger partial charge in [-0.05, 0) is 44.7 Å². The van der Waals surface area contributed by atoms with Gasteiger partial charge in [-0.25, -0.2) is 14.0 Å². The third-order valence-corrected chi connectivity index (χ3v) is 5.91. The predicted octanol–water partition coefficient (Wildman–Crippen LogP) is 1.41. The minimum atomic E-state index is -0.273. The van der Waals surface area contributed by atoms with Gasteiger partial charge in [-0.2, -0.15) is 0 Å². The third kappa shape index (κ3) is 2.58. The summed E-state index contributed by atoms with van der Waals surface area (Å²) in [5, 5.41) is 4.56. The molecule has 1 saturated heterocycles. The number of benzene rings is 1. The Labute approximate surface area is 163 Å². The molecule has 1 amide bonds. The molecule has 1 fully saturated rings. The summed E-state index contributed by atoms with van der Waals surface area (Å²) >= 11 is 0. The van der Waals surface area contributed by atoms with Crippen molar-refractivity contribution in [2.75, 3.05) is 24.5 Å². The van der Waals surface area contributed by atoms with Crippen molar-refractivity contribution >= 4 is 17.7 Å². The van der Waals surface area contributed by atoms with E-state index in [0.717, 1.165) is 62.4 Å². The summed E-state index contributed by atoms with van der Waals surface area (Å²) in [4.78, 5) is 34.6. The second-order valence-corrected chi connectivity index (χ2v) is 7.74. The van der Waals surface area contributed by atoms with Crippen LogP contribution in [0.25, 0.3) is 5.69 Å². The van der Waals surface area contributed by atoms with Gasteiger partial charge in [0.25, 0.3) is 0 Å². The van der Waals surface area contributed by atoms with Gasteiger partial charge in [0.15, 0.2) is 0 Å². The molecule has 8 nitrogen and oxygen atoms in total. The standard InChI is InChI=1S/C20H24N6O2/c1-14-7-4-5-11-23(14)17(27)13-25-20(28)26-16-9-3-2-8-15(16)18-21-10-6-12-24(18)19(26)22-25/h2-3,8-9,14H,4-7,10-13H2,1H3. The molecule has 0 saturated carbocycles. The molecule has 0 bridgehead atoms. The maximum atomic E-state index is 13.2. The highest BCUT2D eigenvalue weighted by atomic mass is 16.2. The predicted molar refractivity (Wildman–Crippen MR) is 106 cm³/mol. The van der Waals surface area contributed by atoms with E-state index >= 15 is 0 Å².